The number of rotatable bonds is 10. The van der Waals surface area contributed by atoms with Crippen LogP contribution in [0, 0.1) is 16.4 Å². The zero-order valence-corrected chi connectivity index (χ0v) is 22.5. The average Bonchev–Trinajstić information content (AvgIpc) is 3.66. The quantitative estimate of drug-likeness (QED) is 0.258. The van der Waals surface area contributed by atoms with Crippen LogP contribution in [0.15, 0.2) is 65.7 Å². The first-order chi connectivity index (χ1) is 16.7. The lowest BCUT2D eigenvalue weighted by Gasteiger charge is -2.19. The number of amides is 1. The molecule has 1 aliphatic rings. The van der Waals surface area contributed by atoms with Gasteiger partial charge in [0.25, 0.3) is 5.91 Å². The van der Waals surface area contributed by atoms with E-state index in [-0.39, 0.29) is 17.0 Å². The number of carbonyl (C=O) groups excluding carboxylic acids is 1. The van der Waals surface area contributed by atoms with Gasteiger partial charge < -0.3 is 5.32 Å². The summed E-state index contributed by atoms with van der Waals surface area (Å²) in [5.41, 5.74) is 5.51. The van der Waals surface area contributed by atoms with Crippen molar-refractivity contribution in [3.05, 3.63) is 81.2 Å². The first kappa shape index (κ1) is 25.5. The Labute approximate surface area is 219 Å². The van der Waals surface area contributed by atoms with Crippen molar-refractivity contribution in [2.24, 2.45) is 5.92 Å². The Morgan fingerprint density at radius 1 is 1.14 bits per heavy atom. The summed E-state index contributed by atoms with van der Waals surface area (Å²) in [4.78, 5) is 22.5. The summed E-state index contributed by atoms with van der Waals surface area (Å²) < 4.78 is 29.0. The highest BCUT2D eigenvalue weighted by Gasteiger charge is 2.25. The van der Waals surface area contributed by atoms with E-state index in [9.17, 15) is 13.2 Å². The zero-order valence-electron chi connectivity index (χ0n) is 19.5. The number of nitrogens with zero attached hydrogens (tertiary/aromatic N) is 2. The molecule has 3 aromatic rings. The Balaban J connectivity index is 1.63. The lowest BCUT2D eigenvalue weighted by atomic mass is 10.1. The molecule has 1 amide bonds. The number of hydroxylamine groups is 1. The summed E-state index contributed by atoms with van der Waals surface area (Å²) in [5, 5.41) is 3.25. The molecule has 0 bridgehead atoms. The van der Waals surface area contributed by atoms with Crippen molar-refractivity contribution < 1.29 is 18.0 Å². The number of halogens is 1. The Kier molecular flexibility index (Phi) is 8.05. The first-order valence-electron chi connectivity index (χ1n) is 11.2. The predicted molar refractivity (Wildman–Crippen MR) is 143 cm³/mol. The molecular weight excluding hydrogens is 579 g/mol. The van der Waals surface area contributed by atoms with E-state index < -0.39 is 15.9 Å². The van der Waals surface area contributed by atoms with Gasteiger partial charge in [0, 0.05) is 22.5 Å². The number of hydrogen-bond donors (Lipinski definition) is 2. The summed E-state index contributed by atoms with van der Waals surface area (Å²) >= 11 is 2.23. The second-order valence-corrected chi connectivity index (χ2v) is 11.8. The molecule has 2 aromatic carbocycles. The van der Waals surface area contributed by atoms with E-state index in [0.717, 1.165) is 27.7 Å². The molecule has 0 spiro atoms. The van der Waals surface area contributed by atoms with Crippen LogP contribution in [0.5, 0.6) is 0 Å². The molecule has 184 valence electrons. The van der Waals surface area contributed by atoms with Crippen molar-refractivity contribution in [1.82, 2.24) is 14.8 Å². The first-order valence-corrected chi connectivity index (χ1v) is 13.7. The van der Waals surface area contributed by atoms with Crippen molar-refractivity contribution in [2.45, 2.75) is 31.2 Å². The molecule has 1 saturated carbocycles. The van der Waals surface area contributed by atoms with Crippen LogP contribution in [0.25, 0.3) is 0 Å². The normalized spacial score (nSPS) is 13.6. The van der Waals surface area contributed by atoms with E-state index in [0.29, 0.717) is 23.9 Å². The smallest absolute Gasteiger partial charge is 0.276 e. The second kappa shape index (κ2) is 11.0. The van der Waals surface area contributed by atoms with Gasteiger partial charge in [-0.3, -0.25) is 14.6 Å². The van der Waals surface area contributed by atoms with Crippen LogP contribution in [0.1, 0.15) is 34.5 Å². The van der Waals surface area contributed by atoms with E-state index in [4.69, 9.17) is 4.84 Å². The maximum absolute atomic E-state index is 13.3. The standard InChI is InChI=1S/C25H27IN4O4S/c1-17-13-19(26)8-11-23(17)28-24-14-21(9-10-22(24)25(31)29-34-16-18-6-7-18)35(32,33)30(2)15-20-5-3-4-12-27-20/h3-5,8-14,18,28H,6-7,15-16H2,1-2H3,(H,29,31). The maximum atomic E-state index is 13.3. The van der Waals surface area contributed by atoms with Crippen LogP contribution < -0.4 is 10.8 Å². The number of hydrogen-bond acceptors (Lipinski definition) is 6. The molecule has 4 rings (SSSR count). The number of sulfonamides is 1. The Bertz CT molecular complexity index is 1310. The van der Waals surface area contributed by atoms with Gasteiger partial charge in [0.15, 0.2) is 0 Å². The van der Waals surface area contributed by atoms with Crippen LogP contribution in [-0.4, -0.2) is 37.3 Å². The molecule has 2 N–H and O–H groups in total. The molecule has 0 atom stereocenters. The fourth-order valence-electron chi connectivity index (χ4n) is 3.45. The van der Waals surface area contributed by atoms with E-state index in [1.807, 2.05) is 31.2 Å². The monoisotopic (exact) mass is 606 g/mol. The fourth-order valence-corrected chi connectivity index (χ4v) is 5.26. The zero-order chi connectivity index (χ0) is 25.0. The minimum Gasteiger partial charge on any atom is -0.355 e. The fraction of sp³-hybridized carbons (Fsp3) is 0.280. The van der Waals surface area contributed by atoms with E-state index >= 15 is 0 Å². The van der Waals surface area contributed by atoms with Crippen molar-refractivity contribution in [2.75, 3.05) is 19.0 Å². The van der Waals surface area contributed by atoms with Gasteiger partial charge in [-0.05, 0) is 102 Å². The molecule has 0 unspecified atom stereocenters. The lowest BCUT2D eigenvalue weighted by Crippen LogP contribution is -2.28. The van der Waals surface area contributed by atoms with Crippen molar-refractivity contribution in [3.8, 4) is 0 Å². The average molecular weight is 606 g/mol. The molecule has 0 radical (unpaired) electrons. The Morgan fingerprint density at radius 3 is 2.63 bits per heavy atom. The third-order valence-corrected chi connectivity index (χ3v) is 8.16. The summed E-state index contributed by atoms with van der Waals surface area (Å²) in [6.07, 6.45) is 3.83. The number of anilines is 2. The summed E-state index contributed by atoms with van der Waals surface area (Å²) in [5.74, 6) is 0.0478. The van der Waals surface area contributed by atoms with Gasteiger partial charge in [-0.15, -0.1) is 0 Å². The maximum Gasteiger partial charge on any atom is 0.276 e. The van der Waals surface area contributed by atoms with E-state index in [1.165, 1.54) is 29.6 Å². The molecule has 1 aliphatic carbocycles. The topological polar surface area (TPSA) is 101 Å². The Hall–Kier alpha value is -2.54. The summed E-state index contributed by atoms with van der Waals surface area (Å²) in [6, 6.07) is 15.6. The SMILES string of the molecule is Cc1cc(I)ccc1Nc1cc(S(=O)(=O)N(C)Cc2ccccn2)ccc1C(=O)NOCC1CC1. The van der Waals surface area contributed by atoms with Crippen LogP contribution in [0.3, 0.4) is 0 Å². The highest BCUT2D eigenvalue weighted by atomic mass is 127. The second-order valence-electron chi connectivity index (χ2n) is 8.56. The third kappa shape index (κ3) is 6.57. The number of benzene rings is 2. The molecular formula is C25H27IN4O4S. The van der Waals surface area contributed by atoms with Gasteiger partial charge >= 0.3 is 0 Å². The minimum absolute atomic E-state index is 0.0667. The van der Waals surface area contributed by atoms with E-state index in [2.05, 4.69) is 38.4 Å². The summed E-state index contributed by atoms with van der Waals surface area (Å²) in [6.45, 7) is 2.54. The molecule has 35 heavy (non-hydrogen) atoms. The van der Waals surface area contributed by atoms with Crippen LogP contribution in [-0.2, 0) is 21.4 Å². The molecule has 0 aliphatic heterocycles. The molecule has 1 heterocycles. The van der Waals surface area contributed by atoms with Crippen LogP contribution in [0.4, 0.5) is 11.4 Å². The predicted octanol–water partition coefficient (Wildman–Crippen LogP) is 4.63. The van der Waals surface area contributed by atoms with Crippen molar-refractivity contribution in [1.29, 1.82) is 0 Å². The number of carbonyl (C=O) groups is 1. The number of nitrogens with one attached hydrogen (secondary N) is 2. The minimum atomic E-state index is -3.84. The molecule has 1 aromatic heterocycles. The number of pyridine rings is 1. The van der Waals surface area contributed by atoms with Crippen LogP contribution in [0.2, 0.25) is 0 Å². The van der Waals surface area contributed by atoms with Crippen LogP contribution >= 0.6 is 22.6 Å². The molecule has 8 nitrogen and oxygen atoms in total. The highest BCUT2D eigenvalue weighted by molar-refractivity contribution is 14.1. The van der Waals surface area contributed by atoms with Gasteiger partial charge in [0.2, 0.25) is 10.0 Å². The van der Waals surface area contributed by atoms with E-state index in [1.54, 1.807) is 18.3 Å². The summed E-state index contributed by atoms with van der Waals surface area (Å²) in [7, 11) is -2.34. The molecule has 10 heteroatoms. The molecule has 1 fully saturated rings. The van der Waals surface area contributed by atoms with Crippen molar-refractivity contribution >= 4 is 49.9 Å². The number of aromatic nitrogens is 1. The van der Waals surface area contributed by atoms with Gasteiger partial charge in [0.1, 0.15) is 0 Å². The van der Waals surface area contributed by atoms with Gasteiger partial charge in [-0.1, -0.05) is 6.07 Å². The molecule has 0 saturated heterocycles. The largest absolute Gasteiger partial charge is 0.355 e. The lowest BCUT2D eigenvalue weighted by molar-refractivity contribution is 0.0271. The van der Waals surface area contributed by atoms with Gasteiger partial charge in [-0.2, -0.15) is 4.31 Å². The Morgan fingerprint density at radius 2 is 1.94 bits per heavy atom. The number of aryl methyl sites for hydroxylation is 1. The third-order valence-electron chi connectivity index (χ3n) is 5.69. The van der Waals surface area contributed by atoms with Gasteiger partial charge in [0.05, 0.1) is 35.0 Å². The highest BCUT2D eigenvalue weighted by Crippen LogP contribution is 2.30. The van der Waals surface area contributed by atoms with Crippen molar-refractivity contribution in [3.63, 3.8) is 0 Å². The van der Waals surface area contributed by atoms with Gasteiger partial charge in [-0.25, -0.2) is 13.9 Å².